The van der Waals surface area contributed by atoms with E-state index in [0.29, 0.717) is 17.4 Å². The molecule has 1 atom stereocenters. The number of rotatable bonds is 6. The molecule has 1 heterocycles. The lowest BCUT2D eigenvalue weighted by Crippen LogP contribution is -2.34. The van der Waals surface area contributed by atoms with Crippen LogP contribution in [-0.4, -0.2) is 35.9 Å². The number of ketones is 1. The monoisotopic (exact) mass is 294 g/mol. The van der Waals surface area contributed by atoms with Gasteiger partial charge >= 0.3 is 0 Å². The molecule has 1 aliphatic rings. The van der Waals surface area contributed by atoms with Gasteiger partial charge in [-0.15, -0.1) is 0 Å². The largest absolute Gasteiger partial charge is 0.493 e. The van der Waals surface area contributed by atoms with Crippen LogP contribution >= 0.6 is 0 Å². The van der Waals surface area contributed by atoms with Gasteiger partial charge < -0.3 is 9.47 Å². The fourth-order valence-electron chi connectivity index (χ4n) is 3.21. The highest BCUT2D eigenvalue weighted by Gasteiger charge is 2.34. The van der Waals surface area contributed by atoms with Crippen LogP contribution in [0.2, 0.25) is 0 Å². The molecule has 1 unspecified atom stereocenters. The molecular weight excluding hydrogens is 268 g/mol. The van der Waals surface area contributed by atoms with E-state index in [9.17, 15) is 4.79 Å². The van der Waals surface area contributed by atoms with Crippen molar-refractivity contribution in [3.8, 4) is 5.75 Å². The minimum absolute atomic E-state index is 0.00699. The smallest absolute Gasteiger partial charge is 0.213 e. The van der Waals surface area contributed by atoms with Crippen molar-refractivity contribution in [3.63, 3.8) is 0 Å². The van der Waals surface area contributed by atoms with Gasteiger partial charge in [-0.1, -0.05) is 19.3 Å². The summed E-state index contributed by atoms with van der Waals surface area (Å²) in [6.45, 7) is 4.01. The molecule has 1 fully saturated rings. The number of ether oxygens (including phenoxy) is 2. The Kier molecular flexibility index (Phi) is 5.39. The van der Waals surface area contributed by atoms with Crippen molar-refractivity contribution in [2.75, 3.05) is 14.2 Å². The van der Waals surface area contributed by atoms with Gasteiger partial charge in [0.25, 0.3) is 0 Å². The fraction of sp³-hybridized carbons (Fsp3) is 0.750. The second-order valence-electron chi connectivity index (χ2n) is 6.02. The van der Waals surface area contributed by atoms with Gasteiger partial charge in [-0.05, 0) is 32.6 Å². The molecule has 21 heavy (non-hydrogen) atoms. The fourth-order valence-corrected chi connectivity index (χ4v) is 3.21. The molecule has 0 saturated heterocycles. The maximum atomic E-state index is 13.0. The Hall–Kier alpha value is -1.36. The summed E-state index contributed by atoms with van der Waals surface area (Å²) < 4.78 is 12.6. The first-order valence-electron chi connectivity index (χ1n) is 7.78. The molecule has 1 saturated carbocycles. The highest BCUT2D eigenvalue weighted by molar-refractivity contribution is 6.00. The summed E-state index contributed by atoms with van der Waals surface area (Å²) >= 11 is 0. The quantitative estimate of drug-likeness (QED) is 0.756. The van der Waals surface area contributed by atoms with Crippen LogP contribution in [0.3, 0.4) is 0 Å². The van der Waals surface area contributed by atoms with Crippen LogP contribution in [0.4, 0.5) is 0 Å². The van der Waals surface area contributed by atoms with E-state index in [-0.39, 0.29) is 11.8 Å². The molecular formula is C16H26N2O3. The summed E-state index contributed by atoms with van der Waals surface area (Å²) in [4.78, 5) is 13.0. The topological polar surface area (TPSA) is 53.4 Å². The van der Waals surface area contributed by atoms with Crippen molar-refractivity contribution < 1.29 is 14.3 Å². The summed E-state index contributed by atoms with van der Waals surface area (Å²) in [6.07, 6.45) is 6.95. The Balaban J connectivity index is 2.30. The number of hydrogen-bond donors (Lipinski definition) is 0. The lowest BCUT2D eigenvalue weighted by atomic mass is 9.83. The number of hydrogen-bond acceptors (Lipinski definition) is 4. The Labute approximate surface area is 126 Å². The molecule has 5 heteroatoms. The Morgan fingerprint density at radius 2 is 1.95 bits per heavy atom. The summed E-state index contributed by atoms with van der Waals surface area (Å²) in [7, 11) is 3.20. The van der Waals surface area contributed by atoms with Crippen molar-refractivity contribution in [1.82, 2.24) is 9.78 Å². The third kappa shape index (κ3) is 3.28. The molecule has 1 aliphatic carbocycles. The second kappa shape index (κ2) is 7.07. The molecule has 1 aromatic heterocycles. The van der Waals surface area contributed by atoms with Crippen molar-refractivity contribution in [3.05, 3.63) is 11.9 Å². The van der Waals surface area contributed by atoms with Crippen molar-refractivity contribution in [2.45, 2.75) is 58.1 Å². The molecule has 0 amide bonds. The van der Waals surface area contributed by atoms with E-state index < -0.39 is 6.10 Å². The van der Waals surface area contributed by atoms with Gasteiger partial charge in [-0.3, -0.25) is 9.48 Å². The average Bonchev–Trinajstić information content (AvgIpc) is 2.93. The van der Waals surface area contributed by atoms with Crippen LogP contribution in [0.15, 0.2) is 6.20 Å². The van der Waals surface area contributed by atoms with Gasteiger partial charge in [-0.25, -0.2) is 0 Å². The standard InChI is InChI=1S/C16H26N2O3/c1-11(2)18-14(13(20-3)10-17-18)15(19)16(21-4)12-8-6-5-7-9-12/h10-12,16H,5-9H2,1-4H3. The number of carbonyl (C=O) groups is 1. The molecule has 0 aromatic carbocycles. The van der Waals surface area contributed by atoms with Gasteiger partial charge in [0.2, 0.25) is 5.78 Å². The lowest BCUT2D eigenvalue weighted by molar-refractivity contribution is 0.0301. The third-order valence-electron chi connectivity index (χ3n) is 4.29. The summed E-state index contributed by atoms with van der Waals surface area (Å²) in [5.41, 5.74) is 0.532. The van der Waals surface area contributed by atoms with E-state index in [1.165, 1.54) is 19.3 Å². The van der Waals surface area contributed by atoms with E-state index >= 15 is 0 Å². The zero-order chi connectivity index (χ0) is 15.4. The first-order valence-corrected chi connectivity index (χ1v) is 7.78. The highest BCUT2D eigenvalue weighted by Crippen LogP contribution is 2.32. The number of nitrogens with zero attached hydrogens (tertiary/aromatic N) is 2. The molecule has 1 aromatic rings. The Morgan fingerprint density at radius 1 is 1.29 bits per heavy atom. The molecule has 2 rings (SSSR count). The predicted octanol–water partition coefficient (Wildman–Crippen LogP) is 3.25. The van der Waals surface area contributed by atoms with Crippen molar-refractivity contribution >= 4 is 5.78 Å². The van der Waals surface area contributed by atoms with Crippen molar-refractivity contribution in [1.29, 1.82) is 0 Å². The summed E-state index contributed by atoms with van der Waals surface area (Å²) in [5, 5.41) is 4.28. The summed E-state index contributed by atoms with van der Waals surface area (Å²) in [5.74, 6) is 0.829. The predicted molar refractivity (Wildman–Crippen MR) is 80.9 cm³/mol. The molecule has 0 N–H and O–H groups in total. The van der Waals surface area contributed by atoms with Gasteiger partial charge in [-0.2, -0.15) is 5.10 Å². The molecule has 5 nitrogen and oxygen atoms in total. The van der Waals surface area contributed by atoms with Crippen LogP contribution in [0.25, 0.3) is 0 Å². The minimum Gasteiger partial charge on any atom is -0.493 e. The van der Waals surface area contributed by atoms with Crippen LogP contribution in [0, 0.1) is 5.92 Å². The zero-order valence-corrected chi connectivity index (χ0v) is 13.5. The Bertz CT molecular complexity index is 476. The van der Waals surface area contributed by atoms with E-state index in [1.807, 2.05) is 13.8 Å². The normalized spacial score (nSPS) is 18.0. The van der Waals surface area contributed by atoms with E-state index in [4.69, 9.17) is 9.47 Å². The molecule has 0 aliphatic heterocycles. The number of carbonyl (C=O) groups excluding carboxylic acids is 1. The van der Waals surface area contributed by atoms with Gasteiger partial charge in [0.1, 0.15) is 11.8 Å². The maximum Gasteiger partial charge on any atom is 0.213 e. The van der Waals surface area contributed by atoms with Gasteiger partial charge in [0, 0.05) is 13.2 Å². The van der Waals surface area contributed by atoms with Crippen LogP contribution in [0.5, 0.6) is 5.75 Å². The first kappa shape index (κ1) is 16.0. The zero-order valence-electron chi connectivity index (χ0n) is 13.5. The lowest BCUT2D eigenvalue weighted by Gasteiger charge is -2.28. The third-order valence-corrected chi connectivity index (χ3v) is 4.29. The molecule has 118 valence electrons. The SMILES string of the molecule is COc1cnn(C(C)C)c1C(=O)C(OC)C1CCCCC1. The van der Waals surface area contributed by atoms with Crippen LogP contribution in [0.1, 0.15) is 62.5 Å². The highest BCUT2D eigenvalue weighted by atomic mass is 16.5. The summed E-state index contributed by atoms with van der Waals surface area (Å²) in [6, 6.07) is 0.108. The van der Waals surface area contributed by atoms with Crippen molar-refractivity contribution in [2.24, 2.45) is 5.92 Å². The van der Waals surface area contributed by atoms with Gasteiger partial charge in [0.05, 0.1) is 13.3 Å². The number of aromatic nitrogens is 2. The van der Waals surface area contributed by atoms with Gasteiger partial charge in [0.15, 0.2) is 5.75 Å². The van der Waals surface area contributed by atoms with Crippen LogP contribution < -0.4 is 4.74 Å². The number of methoxy groups -OCH3 is 2. The maximum absolute atomic E-state index is 13.0. The van der Waals surface area contributed by atoms with Crippen LogP contribution in [-0.2, 0) is 4.74 Å². The molecule has 0 spiro atoms. The number of Topliss-reactive ketones (excluding diaryl/α,β-unsaturated/α-hetero) is 1. The molecule has 0 radical (unpaired) electrons. The second-order valence-corrected chi connectivity index (χ2v) is 6.02. The minimum atomic E-state index is -0.395. The van der Waals surface area contributed by atoms with E-state index in [1.54, 1.807) is 25.1 Å². The Morgan fingerprint density at radius 3 is 2.48 bits per heavy atom. The molecule has 0 bridgehead atoms. The van der Waals surface area contributed by atoms with E-state index in [0.717, 1.165) is 12.8 Å². The average molecular weight is 294 g/mol. The first-order chi connectivity index (χ1) is 10.1. The van der Waals surface area contributed by atoms with E-state index in [2.05, 4.69) is 5.10 Å².